The van der Waals surface area contributed by atoms with Crippen LogP contribution in [0.3, 0.4) is 0 Å². The van der Waals surface area contributed by atoms with E-state index in [1.54, 1.807) is 12.3 Å². The summed E-state index contributed by atoms with van der Waals surface area (Å²) >= 11 is 5.67. The minimum atomic E-state index is -0.451. The Morgan fingerprint density at radius 3 is 3.06 bits per heavy atom. The van der Waals surface area contributed by atoms with Crippen molar-refractivity contribution < 1.29 is 9.59 Å². The van der Waals surface area contributed by atoms with Gasteiger partial charge in [0.05, 0.1) is 6.20 Å². The first-order valence-electron chi connectivity index (χ1n) is 5.17. The molecule has 2 amide bonds. The van der Waals surface area contributed by atoms with Crippen LogP contribution in [0, 0.1) is 0 Å². The standard InChI is InChI=1S/C10H11ClN4O2/c11-4-6-3-8(15-12-5-6)13-7-1-2-9(16)14-10(7)17/h3,5,7H,1-2,4H2,(H,13,15)(H,14,16,17). The van der Waals surface area contributed by atoms with Gasteiger partial charge in [-0.2, -0.15) is 5.10 Å². The maximum atomic E-state index is 11.5. The Morgan fingerprint density at radius 1 is 1.53 bits per heavy atom. The van der Waals surface area contributed by atoms with Gasteiger partial charge in [-0.3, -0.25) is 14.9 Å². The van der Waals surface area contributed by atoms with Gasteiger partial charge in [0, 0.05) is 12.3 Å². The van der Waals surface area contributed by atoms with E-state index in [-0.39, 0.29) is 11.8 Å². The Morgan fingerprint density at radius 2 is 2.35 bits per heavy atom. The molecule has 0 spiro atoms. The number of amides is 2. The second kappa shape index (κ2) is 5.09. The fourth-order valence-corrected chi connectivity index (χ4v) is 1.71. The summed E-state index contributed by atoms with van der Waals surface area (Å²) in [6.45, 7) is 0. The lowest BCUT2D eigenvalue weighted by atomic mass is 10.1. The molecule has 17 heavy (non-hydrogen) atoms. The second-order valence-corrected chi connectivity index (χ2v) is 4.00. The molecule has 1 aromatic heterocycles. The molecule has 0 radical (unpaired) electrons. The molecule has 7 heteroatoms. The Balaban J connectivity index is 2.05. The summed E-state index contributed by atoms with van der Waals surface area (Å²) in [4.78, 5) is 22.5. The quantitative estimate of drug-likeness (QED) is 0.604. The summed E-state index contributed by atoms with van der Waals surface area (Å²) in [5.74, 6) is 0.241. The predicted octanol–water partition coefficient (Wildman–Crippen LogP) is 0.432. The third-order valence-electron chi connectivity index (χ3n) is 2.43. The van der Waals surface area contributed by atoms with E-state index < -0.39 is 6.04 Å². The molecular weight excluding hydrogens is 244 g/mol. The zero-order chi connectivity index (χ0) is 12.3. The first-order valence-corrected chi connectivity index (χ1v) is 5.70. The number of halogens is 1. The van der Waals surface area contributed by atoms with Crippen molar-refractivity contribution in [2.45, 2.75) is 24.8 Å². The highest BCUT2D eigenvalue weighted by Gasteiger charge is 2.26. The number of piperidine rings is 1. The van der Waals surface area contributed by atoms with Crippen molar-refractivity contribution in [2.24, 2.45) is 0 Å². The van der Waals surface area contributed by atoms with E-state index in [1.165, 1.54) is 0 Å². The monoisotopic (exact) mass is 254 g/mol. The van der Waals surface area contributed by atoms with Crippen molar-refractivity contribution in [3.63, 3.8) is 0 Å². The first kappa shape index (κ1) is 11.8. The lowest BCUT2D eigenvalue weighted by molar-refractivity contribution is -0.133. The molecule has 0 bridgehead atoms. The largest absolute Gasteiger partial charge is 0.357 e. The third-order valence-corrected chi connectivity index (χ3v) is 2.74. The van der Waals surface area contributed by atoms with Gasteiger partial charge in [0.1, 0.15) is 11.9 Å². The van der Waals surface area contributed by atoms with Gasteiger partial charge in [-0.25, -0.2) is 0 Å². The number of anilines is 1. The molecule has 1 saturated heterocycles. The SMILES string of the molecule is O=C1CCC(Nc2cc(CCl)cnn2)C(=O)N1. The fraction of sp³-hybridized carbons (Fsp3) is 0.400. The number of nitrogens with zero attached hydrogens (tertiary/aromatic N) is 2. The molecule has 1 fully saturated rings. The smallest absolute Gasteiger partial charge is 0.249 e. The van der Waals surface area contributed by atoms with Gasteiger partial charge in [0.15, 0.2) is 0 Å². The number of aromatic nitrogens is 2. The van der Waals surface area contributed by atoms with E-state index in [1.807, 2.05) is 0 Å². The van der Waals surface area contributed by atoms with Gasteiger partial charge in [-0.15, -0.1) is 16.7 Å². The number of alkyl halides is 1. The summed E-state index contributed by atoms with van der Waals surface area (Å²) < 4.78 is 0. The minimum Gasteiger partial charge on any atom is -0.357 e. The van der Waals surface area contributed by atoms with Gasteiger partial charge >= 0.3 is 0 Å². The number of imide groups is 1. The van der Waals surface area contributed by atoms with Gasteiger partial charge in [0.25, 0.3) is 0 Å². The minimum absolute atomic E-state index is 0.242. The normalized spacial score (nSPS) is 19.9. The van der Waals surface area contributed by atoms with Crippen LogP contribution >= 0.6 is 11.6 Å². The molecule has 2 heterocycles. The Labute approximate surface area is 103 Å². The summed E-state index contributed by atoms with van der Waals surface area (Å²) in [5.41, 5.74) is 0.816. The Kier molecular flexibility index (Phi) is 3.53. The number of hydrogen-bond acceptors (Lipinski definition) is 5. The summed E-state index contributed by atoms with van der Waals surface area (Å²) in [5, 5.41) is 12.8. The van der Waals surface area contributed by atoms with Crippen LogP contribution in [0.1, 0.15) is 18.4 Å². The van der Waals surface area contributed by atoms with Crippen LogP contribution < -0.4 is 10.6 Å². The first-order chi connectivity index (χ1) is 8.19. The Hall–Kier alpha value is -1.69. The van der Waals surface area contributed by atoms with E-state index in [0.29, 0.717) is 24.5 Å². The molecule has 0 saturated carbocycles. The topological polar surface area (TPSA) is 84.0 Å². The van der Waals surface area contributed by atoms with E-state index in [4.69, 9.17) is 11.6 Å². The van der Waals surface area contributed by atoms with Crippen LogP contribution in [0.25, 0.3) is 0 Å². The van der Waals surface area contributed by atoms with Crippen molar-refractivity contribution in [2.75, 3.05) is 5.32 Å². The van der Waals surface area contributed by atoms with E-state index in [0.717, 1.165) is 5.56 Å². The van der Waals surface area contributed by atoms with Crippen LogP contribution in [-0.4, -0.2) is 28.1 Å². The van der Waals surface area contributed by atoms with Gasteiger partial charge in [-0.1, -0.05) is 0 Å². The molecular formula is C10H11ClN4O2. The average molecular weight is 255 g/mol. The highest BCUT2D eigenvalue weighted by molar-refractivity contribution is 6.17. The highest BCUT2D eigenvalue weighted by Crippen LogP contribution is 2.12. The summed E-state index contributed by atoms with van der Waals surface area (Å²) in [6, 6.07) is 1.27. The molecule has 1 aliphatic heterocycles. The van der Waals surface area contributed by atoms with Crippen LogP contribution in [0.2, 0.25) is 0 Å². The van der Waals surface area contributed by atoms with Crippen molar-refractivity contribution >= 4 is 29.2 Å². The maximum absolute atomic E-state index is 11.5. The van der Waals surface area contributed by atoms with Gasteiger partial charge in [0.2, 0.25) is 11.8 Å². The van der Waals surface area contributed by atoms with Crippen molar-refractivity contribution in [1.29, 1.82) is 0 Å². The number of nitrogens with one attached hydrogen (secondary N) is 2. The van der Waals surface area contributed by atoms with E-state index >= 15 is 0 Å². The summed E-state index contributed by atoms with van der Waals surface area (Å²) in [7, 11) is 0. The van der Waals surface area contributed by atoms with Gasteiger partial charge < -0.3 is 5.32 Å². The van der Waals surface area contributed by atoms with Crippen LogP contribution in [0.4, 0.5) is 5.82 Å². The number of carbonyl (C=O) groups excluding carboxylic acids is 2. The maximum Gasteiger partial charge on any atom is 0.249 e. The second-order valence-electron chi connectivity index (χ2n) is 3.73. The zero-order valence-electron chi connectivity index (χ0n) is 8.94. The Bertz CT molecular complexity index is 452. The number of carbonyl (C=O) groups is 2. The average Bonchev–Trinajstić information content (AvgIpc) is 2.33. The molecule has 0 aliphatic carbocycles. The molecule has 1 atom stereocenters. The lowest BCUT2D eigenvalue weighted by Gasteiger charge is -2.21. The van der Waals surface area contributed by atoms with Gasteiger partial charge in [-0.05, 0) is 18.1 Å². The van der Waals surface area contributed by atoms with Crippen LogP contribution in [-0.2, 0) is 15.5 Å². The van der Waals surface area contributed by atoms with Crippen molar-refractivity contribution in [3.8, 4) is 0 Å². The van der Waals surface area contributed by atoms with Crippen LogP contribution in [0.15, 0.2) is 12.3 Å². The van der Waals surface area contributed by atoms with Crippen LogP contribution in [0.5, 0.6) is 0 Å². The number of hydrogen-bond donors (Lipinski definition) is 2. The fourth-order valence-electron chi connectivity index (χ4n) is 1.56. The molecule has 1 unspecified atom stereocenters. The molecule has 2 N–H and O–H groups in total. The predicted molar refractivity (Wildman–Crippen MR) is 61.4 cm³/mol. The zero-order valence-corrected chi connectivity index (χ0v) is 9.70. The molecule has 2 rings (SSSR count). The van der Waals surface area contributed by atoms with Crippen molar-refractivity contribution in [1.82, 2.24) is 15.5 Å². The van der Waals surface area contributed by atoms with Crippen molar-refractivity contribution in [3.05, 3.63) is 17.8 Å². The molecule has 1 aromatic rings. The lowest BCUT2D eigenvalue weighted by Crippen LogP contribution is -2.47. The summed E-state index contributed by atoms with van der Waals surface area (Å²) in [6.07, 6.45) is 2.34. The molecule has 6 nitrogen and oxygen atoms in total. The molecule has 1 aliphatic rings. The number of rotatable bonds is 3. The molecule has 0 aromatic carbocycles. The molecule has 90 valence electrons. The van der Waals surface area contributed by atoms with E-state index in [9.17, 15) is 9.59 Å². The third kappa shape index (κ3) is 2.91. The highest BCUT2D eigenvalue weighted by atomic mass is 35.5. The van der Waals surface area contributed by atoms with E-state index in [2.05, 4.69) is 20.8 Å².